The summed E-state index contributed by atoms with van der Waals surface area (Å²) >= 11 is 11.2. The molecule has 0 atom stereocenters. The third kappa shape index (κ3) is 2.87. The molecule has 0 spiro atoms. The highest BCUT2D eigenvalue weighted by Crippen LogP contribution is 2.28. The average molecular weight is 344 g/mol. The van der Waals surface area contributed by atoms with E-state index in [0.717, 1.165) is 22.2 Å². The van der Waals surface area contributed by atoms with Gasteiger partial charge in [0.25, 0.3) is 0 Å². The van der Waals surface area contributed by atoms with Crippen molar-refractivity contribution >= 4 is 39.3 Å². The lowest BCUT2D eigenvalue weighted by Gasteiger charge is -2.07. The normalized spacial score (nSPS) is 10.7. The van der Waals surface area contributed by atoms with Gasteiger partial charge < -0.3 is 0 Å². The lowest BCUT2D eigenvalue weighted by molar-refractivity contribution is 0.990. The van der Waals surface area contributed by atoms with E-state index in [1.54, 1.807) is 11.8 Å². The summed E-state index contributed by atoms with van der Waals surface area (Å²) in [4.78, 5) is 10.1. The van der Waals surface area contributed by atoms with E-state index in [-0.39, 0.29) is 0 Å². The first kappa shape index (κ1) is 13.8. The molecule has 0 bridgehead atoms. The van der Waals surface area contributed by atoms with Crippen molar-refractivity contribution in [2.75, 3.05) is 6.26 Å². The van der Waals surface area contributed by atoms with Gasteiger partial charge in [-0.25, -0.2) is 9.97 Å². The first-order valence-electron chi connectivity index (χ1n) is 5.52. The van der Waals surface area contributed by atoms with E-state index in [0.29, 0.717) is 11.0 Å². The van der Waals surface area contributed by atoms with Crippen molar-refractivity contribution in [1.82, 2.24) is 9.97 Å². The Labute approximate surface area is 124 Å². The molecular weight excluding hydrogens is 332 g/mol. The van der Waals surface area contributed by atoms with Gasteiger partial charge in [-0.2, -0.15) is 0 Å². The van der Waals surface area contributed by atoms with Gasteiger partial charge >= 0.3 is 0 Å². The van der Waals surface area contributed by atoms with E-state index in [1.807, 2.05) is 19.1 Å². The van der Waals surface area contributed by atoms with Crippen LogP contribution in [0.4, 0.5) is 0 Å². The number of nitrogens with zero attached hydrogens (tertiary/aromatic N) is 2. The van der Waals surface area contributed by atoms with Crippen molar-refractivity contribution in [1.29, 1.82) is 0 Å². The van der Waals surface area contributed by atoms with Gasteiger partial charge in [0.15, 0.2) is 5.82 Å². The minimum absolute atomic E-state index is 0.464. The molecule has 0 unspecified atom stereocenters. The van der Waals surface area contributed by atoms with Crippen molar-refractivity contribution < 1.29 is 0 Å². The minimum atomic E-state index is 0.464. The molecule has 0 N–H and O–H groups in total. The quantitative estimate of drug-likeness (QED) is 0.589. The highest BCUT2D eigenvalue weighted by Gasteiger charge is 2.10. The molecule has 0 aliphatic heterocycles. The van der Waals surface area contributed by atoms with E-state index in [9.17, 15) is 0 Å². The molecular formula is C13H12BrClN2S. The molecule has 0 aliphatic rings. The Hall–Kier alpha value is -0.580. The van der Waals surface area contributed by atoms with Gasteiger partial charge in [0.1, 0.15) is 5.15 Å². The first-order valence-corrected chi connectivity index (χ1v) is 7.91. The van der Waals surface area contributed by atoms with Gasteiger partial charge in [-0.1, -0.05) is 30.7 Å². The zero-order chi connectivity index (χ0) is 13.1. The molecule has 1 aromatic heterocycles. The monoisotopic (exact) mass is 342 g/mol. The molecule has 2 rings (SSSR count). The van der Waals surface area contributed by atoms with Gasteiger partial charge in [-0.05, 0) is 40.7 Å². The average Bonchev–Trinajstić information content (AvgIpc) is 2.42. The van der Waals surface area contributed by atoms with Crippen LogP contribution in [0.25, 0.3) is 11.4 Å². The summed E-state index contributed by atoms with van der Waals surface area (Å²) in [6.45, 7) is 2.05. The van der Waals surface area contributed by atoms with E-state index in [4.69, 9.17) is 11.6 Å². The van der Waals surface area contributed by atoms with Crippen LogP contribution in [0, 0.1) is 0 Å². The third-order valence-corrected chi connectivity index (χ3v) is 4.64. The summed E-state index contributed by atoms with van der Waals surface area (Å²) in [6, 6.07) is 8.16. The highest BCUT2D eigenvalue weighted by atomic mass is 79.9. The van der Waals surface area contributed by atoms with Gasteiger partial charge in [0, 0.05) is 10.5 Å². The minimum Gasteiger partial charge on any atom is -0.232 e. The van der Waals surface area contributed by atoms with Gasteiger partial charge in [0.05, 0.1) is 10.2 Å². The zero-order valence-corrected chi connectivity index (χ0v) is 13.2. The van der Waals surface area contributed by atoms with Crippen LogP contribution in [0.15, 0.2) is 33.6 Å². The van der Waals surface area contributed by atoms with E-state index in [1.165, 1.54) is 4.90 Å². The second-order valence-corrected chi connectivity index (χ2v) is 5.71. The molecule has 1 aromatic carbocycles. The predicted molar refractivity (Wildman–Crippen MR) is 81.3 cm³/mol. The second kappa shape index (κ2) is 6.04. The van der Waals surface area contributed by atoms with Crippen molar-refractivity contribution in [3.63, 3.8) is 0 Å². The van der Waals surface area contributed by atoms with E-state index >= 15 is 0 Å². The second-order valence-electron chi connectivity index (χ2n) is 3.68. The molecule has 1 heterocycles. The number of hydrogen-bond acceptors (Lipinski definition) is 3. The van der Waals surface area contributed by atoms with Crippen LogP contribution in [-0.4, -0.2) is 16.2 Å². The molecule has 5 heteroatoms. The van der Waals surface area contributed by atoms with E-state index in [2.05, 4.69) is 44.3 Å². The van der Waals surface area contributed by atoms with Gasteiger partial charge in [-0.3, -0.25) is 0 Å². The number of aromatic nitrogens is 2. The van der Waals surface area contributed by atoms with Crippen molar-refractivity contribution in [2.24, 2.45) is 0 Å². The smallest absolute Gasteiger partial charge is 0.161 e. The first-order chi connectivity index (χ1) is 8.65. The number of rotatable bonds is 3. The lowest BCUT2D eigenvalue weighted by Crippen LogP contribution is -1.97. The third-order valence-electron chi connectivity index (χ3n) is 2.56. The highest BCUT2D eigenvalue weighted by molar-refractivity contribution is 9.10. The molecule has 0 aliphatic carbocycles. The summed E-state index contributed by atoms with van der Waals surface area (Å²) in [5, 5.41) is 0.464. The molecule has 94 valence electrons. The maximum absolute atomic E-state index is 6.10. The Bertz CT molecular complexity index is 558. The SMILES string of the molecule is CCc1nc(-c2ccc(SC)cc2)nc(Cl)c1Br. The molecule has 2 aromatic rings. The molecule has 2 nitrogen and oxygen atoms in total. The lowest BCUT2D eigenvalue weighted by atomic mass is 10.2. The van der Waals surface area contributed by atoms with Crippen molar-refractivity contribution in [3.05, 3.63) is 39.6 Å². The molecule has 0 amide bonds. The van der Waals surface area contributed by atoms with Gasteiger partial charge in [-0.15, -0.1) is 11.8 Å². The maximum atomic E-state index is 6.10. The fraction of sp³-hybridized carbons (Fsp3) is 0.231. The fourth-order valence-corrected chi connectivity index (χ4v) is 2.62. The Morgan fingerprint density at radius 2 is 1.89 bits per heavy atom. The van der Waals surface area contributed by atoms with Crippen LogP contribution >= 0.6 is 39.3 Å². The summed E-state index contributed by atoms with van der Waals surface area (Å²) in [7, 11) is 0. The molecule has 18 heavy (non-hydrogen) atoms. The number of halogens is 2. The topological polar surface area (TPSA) is 25.8 Å². The standard InChI is InChI=1S/C13H12BrClN2S/c1-3-10-11(14)12(15)17-13(16-10)8-4-6-9(18-2)7-5-8/h4-7H,3H2,1-2H3. The van der Waals surface area contributed by atoms with Crippen LogP contribution in [0.3, 0.4) is 0 Å². The largest absolute Gasteiger partial charge is 0.232 e. The Balaban J connectivity index is 2.46. The maximum Gasteiger partial charge on any atom is 0.161 e. The van der Waals surface area contributed by atoms with Crippen LogP contribution in [-0.2, 0) is 6.42 Å². The van der Waals surface area contributed by atoms with Crippen molar-refractivity contribution in [2.45, 2.75) is 18.2 Å². The predicted octanol–water partition coefficient (Wildman–Crippen LogP) is 4.84. The van der Waals surface area contributed by atoms with Crippen LogP contribution < -0.4 is 0 Å². The van der Waals surface area contributed by atoms with Gasteiger partial charge in [0.2, 0.25) is 0 Å². The number of benzene rings is 1. The van der Waals surface area contributed by atoms with E-state index < -0.39 is 0 Å². The molecule has 0 saturated heterocycles. The summed E-state index contributed by atoms with van der Waals surface area (Å²) in [5.74, 6) is 0.674. The fourth-order valence-electron chi connectivity index (χ4n) is 1.57. The van der Waals surface area contributed by atoms with Crippen LogP contribution in [0.1, 0.15) is 12.6 Å². The van der Waals surface area contributed by atoms with Crippen molar-refractivity contribution in [3.8, 4) is 11.4 Å². The Morgan fingerprint density at radius 1 is 1.22 bits per heavy atom. The number of aryl methyl sites for hydroxylation is 1. The summed E-state index contributed by atoms with van der Waals surface area (Å²) < 4.78 is 0.788. The van der Waals surface area contributed by atoms with Crippen LogP contribution in [0.2, 0.25) is 5.15 Å². The molecule has 0 radical (unpaired) electrons. The molecule has 0 fully saturated rings. The zero-order valence-electron chi connectivity index (χ0n) is 10.1. The Morgan fingerprint density at radius 3 is 2.44 bits per heavy atom. The number of hydrogen-bond donors (Lipinski definition) is 0. The molecule has 0 saturated carbocycles. The number of thioether (sulfide) groups is 1. The van der Waals surface area contributed by atoms with Crippen LogP contribution in [0.5, 0.6) is 0 Å². The summed E-state index contributed by atoms with van der Waals surface area (Å²) in [5.41, 5.74) is 1.91. The Kier molecular flexibility index (Phi) is 4.65. The summed E-state index contributed by atoms with van der Waals surface area (Å²) in [6.07, 6.45) is 2.87.